The lowest BCUT2D eigenvalue weighted by atomic mass is 10.3. The Labute approximate surface area is 113 Å². The molecule has 1 saturated carbocycles. The fourth-order valence-corrected chi connectivity index (χ4v) is 3.05. The molecule has 0 unspecified atom stereocenters. The zero-order valence-electron chi connectivity index (χ0n) is 11.5. The Bertz CT molecular complexity index is 372. The first-order valence-electron chi connectivity index (χ1n) is 6.74. The Morgan fingerprint density at radius 3 is 2.67 bits per heavy atom. The summed E-state index contributed by atoms with van der Waals surface area (Å²) in [5, 5.41) is 4.68. The summed E-state index contributed by atoms with van der Waals surface area (Å²) >= 11 is 1.80. The van der Waals surface area contributed by atoms with E-state index in [0.29, 0.717) is 6.61 Å². The van der Waals surface area contributed by atoms with E-state index < -0.39 is 0 Å². The molecule has 5 heteroatoms. The minimum absolute atomic E-state index is 0.611. The average molecular weight is 269 g/mol. The van der Waals surface area contributed by atoms with Gasteiger partial charge in [-0.15, -0.1) is 11.3 Å². The second-order valence-corrected chi connectivity index (χ2v) is 5.69. The third-order valence-corrected chi connectivity index (χ3v) is 4.37. The zero-order chi connectivity index (χ0) is 13.0. The first-order chi connectivity index (χ1) is 8.78. The van der Waals surface area contributed by atoms with Crippen LogP contribution in [0.15, 0.2) is 0 Å². The van der Waals surface area contributed by atoms with Gasteiger partial charge in [0, 0.05) is 37.7 Å². The lowest BCUT2D eigenvalue weighted by molar-refractivity contribution is 0.181. The predicted octanol–water partition coefficient (Wildman–Crippen LogP) is 2.39. The molecular formula is C13H23N3OS. The van der Waals surface area contributed by atoms with E-state index in [0.717, 1.165) is 36.5 Å². The molecule has 0 amide bonds. The van der Waals surface area contributed by atoms with E-state index >= 15 is 0 Å². The molecule has 1 aliphatic rings. The molecule has 4 nitrogen and oxygen atoms in total. The van der Waals surface area contributed by atoms with Crippen molar-refractivity contribution in [3.63, 3.8) is 0 Å². The molecule has 0 aromatic carbocycles. The molecule has 1 fully saturated rings. The summed E-state index contributed by atoms with van der Waals surface area (Å²) in [7, 11) is 1.73. The SMILES string of the molecule is CCN(CC)c1nc(COC)c(CNC2CC2)s1. The van der Waals surface area contributed by atoms with Gasteiger partial charge in [-0.2, -0.15) is 0 Å². The van der Waals surface area contributed by atoms with Gasteiger partial charge in [-0.1, -0.05) is 0 Å². The maximum Gasteiger partial charge on any atom is 0.185 e. The van der Waals surface area contributed by atoms with Gasteiger partial charge in [-0.05, 0) is 26.7 Å². The highest BCUT2D eigenvalue weighted by atomic mass is 32.1. The Morgan fingerprint density at radius 1 is 1.39 bits per heavy atom. The fraction of sp³-hybridized carbons (Fsp3) is 0.769. The minimum atomic E-state index is 0.611. The highest BCUT2D eigenvalue weighted by Gasteiger charge is 2.22. The van der Waals surface area contributed by atoms with E-state index in [2.05, 4.69) is 24.1 Å². The van der Waals surface area contributed by atoms with Gasteiger partial charge in [0.25, 0.3) is 0 Å². The molecule has 0 atom stereocenters. The molecule has 1 N–H and O–H groups in total. The Kier molecular flexibility index (Phi) is 4.97. The molecule has 1 aromatic heterocycles. The van der Waals surface area contributed by atoms with Gasteiger partial charge in [-0.25, -0.2) is 4.98 Å². The van der Waals surface area contributed by atoms with Gasteiger partial charge in [-0.3, -0.25) is 0 Å². The molecule has 102 valence electrons. The van der Waals surface area contributed by atoms with Crippen LogP contribution in [0, 0.1) is 0 Å². The van der Waals surface area contributed by atoms with E-state index in [-0.39, 0.29) is 0 Å². The van der Waals surface area contributed by atoms with Gasteiger partial charge >= 0.3 is 0 Å². The number of rotatable bonds is 8. The highest BCUT2D eigenvalue weighted by molar-refractivity contribution is 7.15. The van der Waals surface area contributed by atoms with E-state index in [1.54, 1.807) is 18.4 Å². The van der Waals surface area contributed by atoms with Gasteiger partial charge in [0.15, 0.2) is 5.13 Å². The van der Waals surface area contributed by atoms with E-state index in [9.17, 15) is 0 Å². The lowest BCUT2D eigenvalue weighted by Gasteiger charge is -2.16. The molecular weight excluding hydrogens is 246 g/mol. The Hall–Kier alpha value is -0.650. The van der Waals surface area contributed by atoms with Crippen LogP contribution < -0.4 is 10.2 Å². The van der Waals surface area contributed by atoms with Crippen LogP contribution in [0.2, 0.25) is 0 Å². The number of aromatic nitrogens is 1. The predicted molar refractivity (Wildman–Crippen MR) is 76.2 cm³/mol. The smallest absolute Gasteiger partial charge is 0.185 e. The fourth-order valence-electron chi connectivity index (χ4n) is 1.91. The molecule has 18 heavy (non-hydrogen) atoms. The summed E-state index contributed by atoms with van der Waals surface area (Å²) in [4.78, 5) is 8.34. The number of hydrogen-bond acceptors (Lipinski definition) is 5. The molecule has 1 aromatic rings. The number of thiazole rings is 1. The summed E-state index contributed by atoms with van der Waals surface area (Å²) in [5.41, 5.74) is 1.09. The topological polar surface area (TPSA) is 37.4 Å². The molecule has 0 aliphatic heterocycles. The molecule has 0 bridgehead atoms. The molecule has 0 radical (unpaired) electrons. The van der Waals surface area contributed by atoms with Crippen molar-refractivity contribution in [2.24, 2.45) is 0 Å². The molecule has 0 saturated heterocycles. The van der Waals surface area contributed by atoms with Crippen molar-refractivity contribution in [1.29, 1.82) is 0 Å². The maximum atomic E-state index is 5.25. The molecule has 1 heterocycles. The Balaban J connectivity index is 2.08. The third kappa shape index (κ3) is 3.43. The second kappa shape index (κ2) is 6.50. The molecule has 0 spiro atoms. The summed E-state index contributed by atoms with van der Waals surface area (Å²) in [6.07, 6.45) is 2.64. The average Bonchev–Trinajstić information content (AvgIpc) is 3.12. The van der Waals surface area contributed by atoms with E-state index in [1.165, 1.54) is 17.7 Å². The highest BCUT2D eigenvalue weighted by Crippen LogP contribution is 2.28. The zero-order valence-corrected chi connectivity index (χ0v) is 12.3. The largest absolute Gasteiger partial charge is 0.378 e. The lowest BCUT2D eigenvalue weighted by Crippen LogP contribution is -2.21. The van der Waals surface area contributed by atoms with Crippen LogP contribution >= 0.6 is 11.3 Å². The van der Waals surface area contributed by atoms with Crippen LogP contribution in [0.25, 0.3) is 0 Å². The first kappa shape index (κ1) is 13.8. The molecule has 1 aliphatic carbocycles. The second-order valence-electron chi connectivity index (χ2n) is 4.63. The van der Waals surface area contributed by atoms with Crippen LogP contribution in [-0.4, -0.2) is 31.2 Å². The van der Waals surface area contributed by atoms with Crippen molar-refractivity contribution in [3.8, 4) is 0 Å². The van der Waals surface area contributed by atoms with Crippen molar-refractivity contribution >= 4 is 16.5 Å². The maximum absolute atomic E-state index is 5.25. The van der Waals surface area contributed by atoms with Crippen LogP contribution in [0.3, 0.4) is 0 Å². The van der Waals surface area contributed by atoms with Gasteiger partial charge in [0.05, 0.1) is 12.3 Å². The van der Waals surface area contributed by atoms with Crippen molar-refractivity contribution < 1.29 is 4.74 Å². The third-order valence-electron chi connectivity index (χ3n) is 3.21. The van der Waals surface area contributed by atoms with Crippen molar-refractivity contribution in [1.82, 2.24) is 10.3 Å². The van der Waals surface area contributed by atoms with E-state index in [1.807, 2.05) is 0 Å². The van der Waals surface area contributed by atoms with E-state index in [4.69, 9.17) is 9.72 Å². The Morgan fingerprint density at radius 2 is 2.11 bits per heavy atom. The summed E-state index contributed by atoms with van der Waals surface area (Å²) in [5.74, 6) is 0. The minimum Gasteiger partial charge on any atom is -0.378 e. The summed E-state index contributed by atoms with van der Waals surface area (Å²) in [6, 6.07) is 0.736. The normalized spacial score (nSPS) is 15.1. The number of methoxy groups -OCH3 is 1. The number of hydrogen-bond donors (Lipinski definition) is 1. The van der Waals surface area contributed by atoms with Crippen molar-refractivity contribution in [2.45, 2.75) is 45.9 Å². The first-order valence-corrected chi connectivity index (χ1v) is 7.55. The van der Waals surface area contributed by atoms with Crippen LogP contribution in [0.5, 0.6) is 0 Å². The van der Waals surface area contributed by atoms with Crippen molar-refractivity contribution in [3.05, 3.63) is 10.6 Å². The summed E-state index contributed by atoms with van der Waals surface area (Å²) in [6.45, 7) is 7.89. The van der Waals surface area contributed by atoms with Crippen LogP contribution in [0.4, 0.5) is 5.13 Å². The van der Waals surface area contributed by atoms with Crippen molar-refractivity contribution in [2.75, 3.05) is 25.1 Å². The van der Waals surface area contributed by atoms with Crippen LogP contribution in [-0.2, 0) is 17.9 Å². The van der Waals surface area contributed by atoms with Gasteiger partial charge in [0.2, 0.25) is 0 Å². The number of anilines is 1. The standard InChI is InChI=1S/C13H23N3OS/c1-4-16(5-2)13-15-11(9-17-3)12(18-13)8-14-10-6-7-10/h10,14H,4-9H2,1-3H3. The van der Waals surface area contributed by atoms with Gasteiger partial charge in [0.1, 0.15) is 0 Å². The quantitative estimate of drug-likeness (QED) is 0.786. The van der Waals surface area contributed by atoms with Gasteiger partial charge < -0.3 is 15.0 Å². The number of ether oxygens (including phenoxy) is 1. The van der Waals surface area contributed by atoms with Crippen LogP contribution in [0.1, 0.15) is 37.3 Å². The number of nitrogens with one attached hydrogen (secondary N) is 1. The number of nitrogens with zero attached hydrogens (tertiary/aromatic N) is 2. The monoisotopic (exact) mass is 269 g/mol. The molecule has 2 rings (SSSR count). The summed E-state index contributed by atoms with van der Waals surface area (Å²) < 4.78 is 5.25.